The smallest absolute Gasteiger partial charge is 0.224 e. The molecule has 0 heterocycles. The first-order valence-electron chi connectivity index (χ1n) is 6.77. The number of hydrogen-bond donors (Lipinski definition) is 2. The fraction of sp³-hybridized carbons (Fsp3) is 0.235. The van der Waals surface area contributed by atoms with Crippen LogP contribution in [0.2, 0.25) is 0 Å². The number of benzene rings is 2. The Hall–Kier alpha value is -2.29. The molecule has 20 heavy (non-hydrogen) atoms. The van der Waals surface area contributed by atoms with Crippen LogP contribution in [-0.2, 0) is 11.2 Å². The van der Waals surface area contributed by atoms with E-state index in [1.54, 1.807) is 0 Å². The summed E-state index contributed by atoms with van der Waals surface area (Å²) in [7, 11) is 0. The highest BCUT2D eigenvalue weighted by atomic mass is 16.1. The van der Waals surface area contributed by atoms with Crippen molar-refractivity contribution in [3.05, 3.63) is 59.2 Å². The molecule has 0 aliphatic heterocycles. The molecule has 0 saturated heterocycles. The Morgan fingerprint density at radius 2 is 1.90 bits per heavy atom. The zero-order chi connectivity index (χ0) is 14.5. The van der Waals surface area contributed by atoms with E-state index in [0.29, 0.717) is 17.8 Å². The highest BCUT2D eigenvalue weighted by molar-refractivity contribution is 5.94. The van der Waals surface area contributed by atoms with Crippen LogP contribution < -0.4 is 11.1 Å². The quantitative estimate of drug-likeness (QED) is 0.834. The Labute approximate surface area is 119 Å². The maximum absolute atomic E-state index is 12.0. The molecular formula is C17H20N2O. The first kappa shape index (κ1) is 14.1. The van der Waals surface area contributed by atoms with Crippen molar-refractivity contribution >= 4 is 17.3 Å². The van der Waals surface area contributed by atoms with E-state index in [0.717, 1.165) is 12.0 Å². The van der Waals surface area contributed by atoms with Crippen molar-refractivity contribution in [2.45, 2.75) is 26.7 Å². The Kier molecular flexibility index (Phi) is 4.41. The third-order valence-corrected chi connectivity index (χ3v) is 3.37. The summed E-state index contributed by atoms with van der Waals surface area (Å²) in [4.78, 5) is 12.0. The first-order valence-corrected chi connectivity index (χ1v) is 6.77. The number of rotatable bonds is 4. The molecule has 2 rings (SSSR count). The van der Waals surface area contributed by atoms with Gasteiger partial charge in [0.25, 0.3) is 0 Å². The van der Waals surface area contributed by atoms with Crippen LogP contribution in [0.3, 0.4) is 0 Å². The van der Waals surface area contributed by atoms with Crippen LogP contribution in [0.25, 0.3) is 0 Å². The van der Waals surface area contributed by atoms with E-state index >= 15 is 0 Å². The van der Waals surface area contributed by atoms with Gasteiger partial charge in [0, 0.05) is 6.42 Å². The van der Waals surface area contributed by atoms with E-state index in [-0.39, 0.29) is 5.91 Å². The number of amides is 1. The summed E-state index contributed by atoms with van der Waals surface area (Å²) in [6, 6.07) is 13.8. The van der Waals surface area contributed by atoms with Gasteiger partial charge in [0.1, 0.15) is 0 Å². The molecule has 3 heteroatoms. The van der Waals surface area contributed by atoms with Crippen LogP contribution in [-0.4, -0.2) is 5.91 Å². The maximum Gasteiger partial charge on any atom is 0.224 e. The van der Waals surface area contributed by atoms with Crippen molar-refractivity contribution in [3.63, 3.8) is 0 Å². The van der Waals surface area contributed by atoms with Gasteiger partial charge in [-0.1, -0.05) is 30.3 Å². The molecular weight excluding hydrogens is 248 g/mol. The number of hydrogen-bond acceptors (Lipinski definition) is 2. The first-order chi connectivity index (χ1) is 9.56. The average Bonchev–Trinajstić information content (AvgIpc) is 2.42. The minimum absolute atomic E-state index is 0.00875. The van der Waals surface area contributed by atoms with Crippen LogP contribution in [0.4, 0.5) is 11.4 Å². The number of nitrogens with two attached hydrogens (primary N) is 1. The molecule has 2 aromatic carbocycles. The lowest BCUT2D eigenvalue weighted by molar-refractivity contribution is -0.116. The number of nitrogens with one attached hydrogen (secondary N) is 1. The van der Waals surface area contributed by atoms with Gasteiger partial charge in [0.2, 0.25) is 5.91 Å². The van der Waals surface area contributed by atoms with E-state index in [4.69, 9.17) is 5.73 Å². The summed E-state index contributed by atoms with van der Waals surface area (Å²) in [5.74, 6) is -0.00875. The van der Waals surface area contributed by atoms with Crippen molar-refractivity contribution in [2.75, 3.05) is 11.1 Å². The van der Waals surface area contributed by atoms with Gasteiger partial charge in [0.15, 0.2) is 0 Å². The lowest BCUT2D eigenvalue weighted by Crippen LogP contribution is -2.14. The van der Waals surface area contributed by atoms with Gasteiger partial charge in [-0.2, -0.15) is 0 Å². The third-order valence-electron chi connectivity index (χ3n) is 3.37. The van der Waals surface area contributed by atoms with Gasteiger partial charge in [0.05, 0.1) is 11.4 Å². The van der Waals surface area contributed by atoms with E-state index < -0.39 is 0 Å². The zero-order valence-corrected chi connectivity index (χ0v) is 11.9. The lowest BCUT2D eigenvalue weighted by atomic mass is 10.0. The standard InChI is InChI=1S/C17H20N2O/c1-12-7-9-15(18)16(11-12)19-17(20)10-8-14-6-4-3-5-13(14)2/h3-7,9,11H,8,10,18H2,1-2H3,(H,19,20). The summed E-state index contributed by atoms with van der Waals surface area (Å²) >= 11 is 0. The third kappa shape index (κ3) is 3.60. The van der Waals surface area contributed by atoms with Crippen LogP contribution in [0, 0.1) is 13.8 Å². The predicted molar refractivity (Wildman–Crippen MR) is 83.7 cm³/mol. The van der Waals surface area contributed by atoms with Crippen LogP contribution in [0.5, 0.6) is 0 Å². The van der Waals surface area contributed by atoms with Gasteiger partial charge in [-0.05, 0) is 49.1 Å². The fourth-order valence-corrected chi connectivity index (χ4v) is 2.13. The molecule has 0 spiro atoms. The second-order valence-corrected chi connectivity index (χ2v) is 5.07. The minimum Gasteiger partial charge on any atom is -0.397 e. The fourth-order valence-electron chi connectivity index (χ4n) is 2.13. The normalized spacial score (nSPS) is 10.3. The van der Waals surface area contributed by atoms with Crippen LogP contribution >= 0.6 is 0 Å². The van der Waals surface area contributed by atoms with Gasteiger partial charge in [-0.25, -0.2) is 0 Å². The van der Waals surface area contributed by atoms with Gasteiger partial charge in [-0.15, -0.1) is 0 Å². The number of aryl methyl sites for hydroxylation is 3. The molecule has 3 N–H and O–H groups in total. The lowest BCUT2D eigenvalue weighted by Gasteiger charge is -2.10. The Morgan fingerprint density at radius 1 is 1.15 bits per heavy atom. The van der Waals surface area contributed by atoms with Crippen molar-refractivity contribution in [2.24, 2.45) is 0 Å². The van der Waals surface area contributed by atoms with E-state index in [1.165, 1.54) is 11.1 Å². The zero-order valence-electron chi connectivity index (χ0n) is 11.9. The van der Waals surface area contributed by atoms with Gasteiger partial charge < -0.3 is 11.1 Å². The molecule has 0 radical (unpaired) electrons. The summed E-state index contributed by atoms with van der Waals surface area (Å²) in [5, 5.41) is 2.88. The van der Waals surface area contributed by atoms with Gasteiger partial charge in [-0.3, -0.25) is 4.79 Å². The van der Waals surface area contributed by atoms with E-state index in [9.17, 15) is 4.79 Å². The minimum atomic E-state index is -0.00875. The Bertz CT molecular complexity index is 620. The van der Waals surface area contributed by atoms with E-state index in [1.807, 2.05) is 37.3 Å². The van der Waals surface area contributed by atoms with Crippen LogP contribution in [0.1, 0.15) is 23.1 Å². The highest BCUT2D eigenvalue weighted by Crippen LogP contribution is 2.20. The summed E-state index contributed by atoms with van der Waals surface area (Å²) in [6.07, 6.45) is 1.20. The second kappa shape index (κ2) is 6.24. The molecule has 2 aromatic rings. The van der Waals surface area contributed by atoms with Crippen molar-refractivity contribution in [1.82, 2.24) is 0 Å². The monoisotopic (exact) mass is 268 g/mol. The molecule has 104 valence electrons. The van der Waals surface area contributed by atoms with Crippen molar-refractivity contribution in [3.8, 4) is 0 Å². The molecule has 3 nitrogen and oxygen atoms in total. The molecule has 1 amide bonds. The van der Waals surface area contributed by atoms with Crippen molar-refractivity contribution < 1.29 is 4.79 Å². The summed E-state index contributed by atoms with van der Waals surface area (Å²) in [5.41, 5.74) is 10.6. The summed E-state index contributed by atoms with van der Waals surface area (Å²) in [6.45, 7) is 4.04. The largest absolute Gasteiger partial charge is 0.397 e. The van der Waals surface area contributed by atoms with Gasteiger partial charge >= 0.3 is 0 Å². The number of nitrogen functional groups attached to an aromatic ring is 1. The SMILES string of the molecule is Cc1ccc(N)c(NC(=O)CCc2ccccc2C)c1. The molecule has 0 aromatic heterocycles. The molecule has 0 aliphatic carbocycles. The number of anilines is 2. The molecule has 0 fully saturated rings. The molecule has 0 saturated carbocycles. The maximum atomic E-state index is 12.0. The number of carbonyl (C=O) groups excluding carboxylic acids is 1. The Morgan fingerprint density at radius 3 is 2.65 bits per heavy atom. The Balaban J connectivity index is 1.96. The highest BCUT2D eigenvalue weighted by Gasteiger charge is 2.07. The summed E-state index contributed by atoms with van der Waals surface area (Å²) < 4.78 is 0. The molecule has 0 aliphatic rings. The predicted octanol–water partition coefficient (Wildman–Crippen LogP) is 3.46. The van der Waals surface area contributed by atoms with Crippen LogP contribution in [0.15, 0.2) is 42.5 Å². The molecule has 0 atom stereocenters. The number of carbonyl (C=O) groups is 1. The topological polar surface area (TPSA) is 55.1 Å². The van der Waals surface area contributed by atoms with E-state index in [2.05, 4.69) is 24.4 Å². The average molecular weight is 268 g/mol. The van der Waals surface area contributed by atoms with Crippen molar-refractivity contribution in [1.29, 1.82) is 0 Å². The molecule has 0 bridgehead atoms. The molecule has 0 unspecified atom stereocenters. The second-order valence-electron chi connectivity index (χ2n) is 5.07.